The van der Waals surface area contributed by atoms with Crippen molar-refractivity contribution < 1.29 is 4.74 Å². The molecule has 1 saturated carbocycles. The molecule has 2 rings (SSSR count). The summed E-state index contributed by atoms with van der Waals surface area (Å²) >= 11 is 0. The minimum absolute atomic E-state index is 0.0260. The molecule has 1 aliphatic rings. The summed E-state index contributed by atoms with van der Waals surface area (Å²) in [6.07, 6.45) is 6.94. The lowest BCUT2D eigenvalue weighted by Crippen LogP contribution is -2.54. The first-order valence-electron chi connectivity index (χ1n) is 8.26. The van der Waals surface area contributed by atoms with Crippen molar-refractivity contribution in [3.05, 3.63) is 12.2 Å². The Morgan fingerprint density at radius 2 is 2.29 bits per heavy atom. The molecule has 1 aromatic heterocycles. The molecule has 0 aromatic carbocycles. The van der Waals surface area contributed by atoms with Crippen molar-refractivity contribution in [3.63, 3.8) is 0 Å². The Balaban J connectivity index is 2.15. The van der Waals surface area contributed by atoms with Gasteiger partial charge < -0.3 is 10.5 Å². The van der Waals surface area contributed by atoms with Crippen LogP contribution in [0.5, 0.6) is 0 Å². The van der Waals surface area contributed by atoms with Gasteiger partial charge >= 0.3 is 0 Å². The van der Waals surface area contributed by atoms with Crippen molar-refractivity contribution in [3.8, 4) is 0 Å². The number of hydrogen-bond donors (Lipinski definition) is 1. The van der Waals surface area contributed by atoms with Gasteiger partial charge in [-0.25, -0.2) is 9.67 Å². The van der Waals surface area contributed by atoms with E-state index in [-0.39, 0.29) is 11.6 Å². The molecule has 1 fully saturated rings. The standard InChI is InChI=1S/C16H30N4O/c1-5-21-16(8-6-7-13(4)10-16)14(17)9-15-18-11-19-20(15)12(2)3/h11-14H,5-10,17H2,1-4H3. The van der Waals surface area contributed by atoms with Crippen molar-refractivity contribution in [2.24, 2.45) is 11.7 Å². The lowest BCUT2D eigenvalue weighted by atomic mass is 9.74. The molecule has 3 unspecified atom stereocenters. The van der Waals surface area contributed by atoms with E-state index in [0.29, 0.717) is 12.0 Å². The van der Waals surface area contributed by atoms with Crippen LogP contribution >= 0.6 is 0 Å². The summed E-state index contributed by atoms with van der Waals surface area (Å²) in [7, 11) is 0. The Hall–Kier alpha value is -0.940. The normalized spacial score (nSPS) is 28.0. The largest absolute Gasteiger partial charge is 0.374 e. The Kier molecular flexibility index (Phi) is 5.38. The molecule has 0 radical (unpaired) electrons. The predicted octanol–water partition coefficient (Wildman–Crippen LogP) is 2.71. The second kappa shape index (κ2) is 6.88. The molecule has 0 amide bonds. The maximum atomic E-state index is 6.59. The summed E-state index contributed by atoms with van der Waals surface area (Å²) in [6, 6.07) is 0.282. The topological polar surface area (TPSA) is 66.0 Å². The highest BCUT2D eigenvalue weighted by molar-refractivity contribution is 5.01. The third kappa shape index (κ3) is 3.64. The molecular weight excluding hydrogens is 264 g/mol. The van der Waals surface area contributed by atoms with Crippen LogP contribution in [0.1, 0.15) is 65.2 Å². The molecule has 0 aliphatic heterocycles. The summed E-state index contributed by atoms with van der Waals surface area (Å²) in [4.78, 5) is 4.40. The zero-order valence-corrected chi connectivity index (χ0v) is 13.9. The molecule has 1 heterocycles. The van der Waals surface area contributed by atoms with E-state index in [1.807, 2.05) is 4.68 Å². The first-order valence-corrected chi connectivity index (χ1v) is 8.26. The van der Waals surface area contributed by atoms with Gasteiger partial charge in [0.2, 0.25) is 0 Å². The number of nitrogens with zero attached hydrogens (tertiary/aromatic N) is 3. The summed E-state index contributed by atoms with van der Waals surface area (Å²) in [5.41, 5.74) is 6.39. The van der Waals surface area contributed by atoms with Crippen LogP contribution in [0.3, 0.4) is 0 Å². The second-order valence-electron chi connectivity index (χ2n) is 6.72. The second-order valence-corrected chi connectivity index (χ2v) is 6.72. The molecule has 0 bridgehead atoms. The van der Waals surface area contributed by atoms with Crippen LogP contribution in [0.4, 0.5) is 0 Å². The summed E-state index contributed by atoms with van der Waals surface area (Å²) in [5, 5.41) is 4.31. The smallest absolute Gasteiger partial charge is 0.138 e. The van der Waals surface area contributed by atoms with Crippen LogP contribution in [0.25, 0.3) is 0 Å². The maximum absolute atomic E-state index is 6.59. The molecule has 2 N–H and O–H groups in total. The van der Waals surface area contributed by atoms with Gasteiger partial charge in [0, 0.05) is 25.1 Å². The van der Waals surface area contributed by atoms with Crippen LogP contribution in [0.15, 0.2) is 6.33 Å². The van der Waals surface area contributed by atoms with Crippen molar-refractivity contribution in [2.45, 2.75) is 77.5 Å². The van der Waals surface area contributed by atoms with Crippen molar-refractivity contribution in [1.29, 1.82) is 0 Å². The first kappa shape index (κ1) is 16.4. The fourth-order valence-corrected chi connectivity index (χ4v) is 3.64. The van der Waals surface area contributed by atoms with Gasteiger partial charge in [-0.1, -0.05) is 19.8 Å². The van der Waals surface area contributed by atoms with E-state index in [2.05, 4.69) is 37.8 Å². The van der Waals surface area contributed by atoms with E-state index in [1.165, 1.54) is 12.8 Å². The van der Waals surface area contributed by atoms with Gasteiger partial charge in [0.15, 0.2) is 0 Å². The molecule has 3 atom stereocenters. The fourth-order valence-electron chi connectivity index (χ4n) is 3.64. The molecule has 1 aromatic rings. The number of aromatic nitrogens is 3. The van der Waals surface area contributed by atoms with E-state index < -0.39 is 0 Å². The Labute approximate surface area is 128 Å². The van der Waals surface area contributed by atoms with Gasteiger partial charge in [0.25, 0.3) is 0 Å². The predicted molar refractivity (Wildman–Crippen MR) is 84.1 cm³/mol. The number of rotatable bonds is 6. The Bertz CT molecular complexity index is 441. The summed E-state index contributed by atoms with van der Waals surface area (Å²) < 4.78 is 8.13. The van der Waals surface area contributed by atoms with Crippen LogP contribution in [-0.4, -0.2) is 33.0 Å². The monoisotopic (exact) mass is 294 g/mol. The number of ether oxygens (including phenoxy) is 1. The number of nitrogens with two attached hydrogens (primary N) is 1. The lowest BCUT2D eigenvalue weighted by Gasteiger charge is -2.43. The summed E-state index contributed by atoms with van der Waals surface area (Å²) in [5.74, 6) is 1.65. The van der Waals surface area contributed by atoms with Crippen LogP contribution in [0, 0.1) is 5.92 Å². The average Bonchev–Trinajstić information content (AvgIpc) is 2.87. The Morgan fingerprint density at radius 3 is 2.90 bits per heavy atom. The van der Waals surface area contributed by atoms with Crippen molar-refractivity contribution in [2.75, 3.05) is 6.61 Å². The van der Waals surface area contributed by atoms with E-state index in [4.69, 9.17) is 10.5 Å². The zero-order valence-electron chi connectivity index (χ0n) is 13.9. The van der Waals surface area contributed by atoms with Gasteiger partial charge in [-0.05, 0) is 39.5 Å². The third-order valence-electron chi connectivity index (χ3n) is 4.64. The van der Waals surface area contributed by atoms with Crippen LogP contribution in [0.2, 0.25) is 0 Å². The third-order valence-corrected chi connectivity index (χ3v) is 4.64. The highest BCUT2D eigenvalue weighted by atomic mass is 16.5. The molecule has 5 nitrogen and oxygen atoms in total. The highest BCUT2D eigenvalue weighted by Gasteiger charge is 2.41. The van der Waals surface area contributed by atoms with Gasteiger partial charge in [0.1, 0.15) is 12.2 Å². The van der Waals surface area contributed by atoms with Crippen molar-refractivity contribution >= 4 is 0 Å². The molecule has 120 valence electrons. The molecule has 0 spiro atoms. The van der Waals surface area contributed by atoms with E-state index in [9.17, 15) is 0 Å². The minimum Gasteiger partial charge on any atom is -0.374 e. The quantitative estimate of drug-likeness (QED) is 0.876. The van der Waals surface area contributed by atoms with Gasteiger partial charge in [0.05, 0.1) is 5.60 Å². The average molecular weight is 294 g/mol. The summed E-state index contributed by atoms with van der Waals surface area (Å²) in [6.45, 7) is 9.31. The first-order chi connectivity index (χ1) is 9.98. The maximum Gasteiger partial charge on any atom is 0.138 e. The molecule has 0 saturated heterocycles. The van der Waals surface area contributed by atoms with Gasteiger partial charge in [-0.2, -0.15) is 5.10 Å². The Morgan fingerprint density at radius 1 is 1.52 bits per heavy atom. The van der Waals surface area contributed by atoms with E-state index in [0.717, 1.165) is 31.7 Å². The molecule has 1 aliphatic carbocycles. The van der Waals surface area contributed by atoms with E-state index in [1.54, 1.807) is 6.33 Å². The molecule has 5 heteroatoms. The van der Waals surface area contributed by atoms with Crippen LogP contribution in [-0.2, 0) is 11.2 Å². The SMILES string of the molecule is CCOC1(C(N)Cc2ncnn2C(C)C)CCCC(C)C1. The molecular formula is C16H30N4O. The van der Waals surface area contributed by atoms with Gasteiger partial charge in [-0.15, -0.1) is 0 Å². The number of hydrogen-bond acceptors (Lipinski definition) is 4. The van der Waals surface area contributed by atoms with Gasteiger partial charge in [-0.3, -0.25) is 0 Å². The molecule has 21 heavy (non-hydrogen) atoms. The minimum atomic E-state index is -0.194. The van der Waals surface area contributed by atoms with E-state index >= 15 is 0 Å². The highest BCUT2D eigenvalue weighted by Crippen LogP contribution is 2.38. The zero-order chi connectivity index (χ0) is 15.5. The van der Waals surface area contributed by atoms with Crippen molar-refractivity contribution in [1.82, 2.24) is 14.8 Å². The van der Waals surface area contributed by atoms with Crippen LogP contribution < -0.4 is 5.73 Å². The fraction of sp³-hybridized carbons (Fsp3) is 0.875. The lowest BCUT2D eigenvalue weighted by molar-refractivity contribution is -0.0929.